The van der Waals surface area contributed by atoms with E-state index in [1.165, 1.54) is 0 Å². The molecule has 9 heteroatoms. The van der Waals surface area contributed by atoms with Crippen LogP contribution in [0.1, 0.15) is 5.82 Å². The first-order valence-corrected chi connectivity index (χ1v) is 9.45. The van der Waals surface area contributed by atoms with E-state index in [1.807, 2.05) is 42.6 Å². The van der Waals surface area contributed by atoms with E-state index in [-0.39, 0.29) is 5.95 Å². The number of anilines is 4. The monoisotopic (exact) mass is 396 g/mol. The number of aromatic nitrogens is 4. The summed E-state index contributed by atoms with van der Waals surface area (Å²) < 4.78 is 0. The van der Waals surface area contributed by atoms with Gasteiger partial charge in [-0.1, -0.05) is 23.7 Å². The fourth-order valence-corrected chi connectivity index (χ4v) is 3.33. The summed E-state index contributed by atoms with van der Waals surface area (Å²) in [5.41, 5.74) is 6.68. The van der Waals surface area contributed by atoms with Crippen molar-refractivity contribution in [1.82, 2.24) is 24.8 Å². The molecule has 0 saturated carbocycles. The van der Waals surface area contributed by atoms with Gasteiger partial charge in [0.2, 0.25) is 11.9 Å². The normalized spacial score (nSPS) is 14.8. The lowest BCUT2D eigenvalue weighted by Crippen LogP contribution is -2.46. The summed E-state index contributed by atoms with van der Waals surface area (Å²) in [7, 11) is 0. The molecule has 0 radical (unpaired) electrons. The van der Waals surface area contributed by atoms with Crippen molar-refractivity contribution < 1.29 is 0 Å². The van der Waals surface area contributed by atoms with Crippen LogP contribution in [0.4, 0.5) is 23.4 Å². The second-order valence-electron chi connectivity index (χ2n) is 6.52. The average Bonchev–Trinajstić information content (AvgIpc) is 2.69. The molecule has 1 saturated heterocycles. The third kappa shape index (κ3) is 4.65. The summed E-state index contributed by atoms with van der Waals surface area (Å²) in [6, 6.07) is 13.3. The molecule has 2 aromatic heterocycles. The molecule has 0 amide bonds. The fourth-order valence-electron chi connectivity index (χ4n) is 3.14. The van der Waals surface area contributed by atoms with Gasteiger partial charge in [0.1, 0.15) is 11.6 Å². The van der Waals surface area contributed by atoms with Gasteiger partial charge in [0, 0.05) is 43.1 Å². The molecule has 4 rings (SSSR count). The van der Waals surface area contributed by atoms with Gasteiger partial charge in [0.15, 0.2) is 0 Å². The Bertz CT molecular complexity index is 928. The molecule has 28 heavy (non-hydrogen) atoms. The summed E-state index contributed by atoms with van der Waals surface area (Å²) in [4.78, 5) is 22.0. The minimum Gasteiger partial charge on any atom is -0.368 e. The number of piperazine rings is 1. The molecule has 1 aromatic carbocycles. The highest BCUT2D eigenvalue weighted by Crippen LogP contribution is 2.19. The van der Waals surface area contributed by atoms with Crippen molar-refractivity contribution in [2.75, 3.05) is 42.1 Å². The van der Waals surface area contributed by atoms with Crippen LogP contribution < -0.4 is 16.0 Å². The molecule has 0 bridgehead atoms. The largest absolute Gasteiger partial charge is 0.368 e. The van der Waals surface area contributed by atoms with E-state index in [4.69, 9.17) is 17.3 Å². The molecular weight excluding hydrogens is 376 g/mol. The van der Waals surface area contributed by atoms with Crippen LogP contribution in [0.15, 0.2) is 48.7 Å². The van der Waals surface area contributed by atoms with Crippen LogP contribution in [-0.2, 0) is 6.54 Å². The Morgan fingerprint density at radius 1 is 1.00 bits per heavy atom. The van der Waals surface area contributed by atoms with Gasteiger partial charge in [-0.3, -0.25) is 4.90 Å². The standard InChI is InChI=1S/C19H21ClN8/c20-14-4-3-5-15(12-14)23-19-25-16(24-18(21)26-19)13-27-8-10-28(11-9-27)17-6-1-2-7-22-17/h1-7,12H,8-11,13H2,(H3,21,23,24,25,26). The summed E-state index contributed by atoms with van der Waals surface area (Å²) in [5.74, 6) is 2.27. The zero-order valence-electron chi connectivity index (χ0n) is 15.3. The molecule has 1 fully saturated rings. The van der Waals surface area contributed by atoms with Crippen LogP contribution in [0.25, 0.3) is 0 Å². The zero-order valence-corrected chi connectivity index (χ0v) is 16.0. The Morgan fingerprint density at radius 3 is 2.61 bits per heavy atom. The summed E-state index contributed by atoms with van der Waals surface area (Å²) >= 11 is 6.03. The van der Waals surface area contributed by atoms with Crippen LogP contribution in [0.3, 0.4) is 0 Å². The third-order valence-corrected chi connectivity index (χ3v) is 4.73. The van der Waals surface area contributed by atoms with Gasteiger partial charge in [-0.2, -0.15) is 15.0 Å². The lowest BCUT2D eigenvalue weighted by atomic mass is 10.3. The third-order valence-electron chi connectivity index (χ3n) is 4.49. The van der Waals surface area contributed by atoms with Gasteiger partial charge < -0.3 is 16.0 Å². The molecule has 0 spiro atoms. The first kappa shape index (κ1) is 18.4. The lowest BCUT2D eigenvalue weighted by Gasteiger charge is -2.34. The Hall–Kier alpha value is -2.97. The summed E-state index contributed by atoms with van der Waals surface area (Å²) in [6.07, 6.45) is 1.82. The summed E-state index contributed by atoms with van der Waals surface area (Å²) in [6.45, 7) is 4.24. The zero-order chi connectivity index (χ0) is 19.3. The Balaban J connectivity index is 1.39. The van der Waals surface area contributed by atoms with E-state index < -0.39 is 0 Å². The number of nitrogen functional groups attached to an aromatic ring is 1. The molecule has 0 unspecified atom stereocenters. The smallest absolute Gasteiger partial charge is 0.232 e. The van der Waals surface area contributed by atoms with Crippen molar-refractivity contribution in [2.24, 2.45) is 0 Å². The summed E-state index contributed by atoms with van der Waals surface area (Å²) in [5, 5.41) is 3.77. The SMILES string of the molecule is Nc1nc(CN2CCN(c3ccccn3)CC2)nc(Nc2cccc(Cl)c2)n1. The predicted molar refractivity (Wildman–Crippen MR) is 111 cm³/mol. The first-order chi connectivity index (χ1) is 13.7. The second-order valence-corrected chi connectivity index (χ2v) is 6.96. The predicted octanol–water partition coefficient (Wildman–Crippen LogP) is 2.57. The van der Waals surface area contributed by atoms with Crippen LogP contribution in [-0.4, -0.2) is 51.0 Å². The number of halogens is 1. The minimum atomic E-state index is 0.196. The maximum absolute atomic E-state index is 6.03. The van der Waals surface area contributed by atoms with Gasteiger partial charge in [0.05, 0.1) is 6.54 Å². The first-order valence-electron chi connectivity index (χ1n) is 9.07. The number of pyridine rings is 1. The van der Waals surface area contributed by atoms with Gasteiger partial charge in [-0.15, -0.1) is 0 Å². The lowest BCUT2D eigenvalue weighted by molar-refractivity contribution is 0.243. The second kappa shape index (κ2) is 8.37. The number of nitrogens with two attached hydrogens (primary N) is 1. The molecule has 1 aliphatic heterocycles. The number of rotatable bonds is 5. The van der Waals surface area contributed by atoms with Gasteiger partial charge in [-0.25, -0.2) is 4.98 Å². The van der Waals surface area contributed by atoms with Gasteiger partial charge in [0.25, 0.3) is 0 Å². The van der Waals surface area contributed by atoms with Crippen LogP contribution in [0.2, 0.25) is 5.02 Å². The molecule has 3 aromatic rings. The molecule has 144 valence electrons. The van der Waals surface area contributed by atoms with Crippen molar-refractivity contribution in [3.8, 4) is 0 Å². The van der Waals surface area contributed by atoms with E-state index >= 15 is 0 Å². The Morgan fingerprint density at radius 2 is 1.86 bits per heavy atom. The molecule has 0 atom stereocenters. The number of benzene rings is 1. The van der Waals surface area contributed by atoms with Gasteiger partial charge >= 0.3 is 0 Å². The van der Waals surface area contributed by atoms with Crippen molar-refractivity contribution in [2.45, 2.75) is 6.54 Å². The van der Waals surface area contributed by atoms with E-state index in [0.717, 1.165) is 37.7 Å². The maximum Gasteiger partial charge on any atom is 0.232 e. The van der Waals surface area contributed by atoms with Crippen LogP contribution in [0.5, 0.6) is 0 Å². The van der Waals surface area contributed by atoms with Crippen molar-refractivity contribution >= 4 is 35.0 Å². The number of nitrogens with zero attached hydrogens (tertiary/aromatic N) is 6. The highest BCUT2D eigenvalue weighted by atomic mass is 35.5. The maximum atomic E-state index is 6.03. The van der Waals surface area contributed by atoms with Crippen LogP contribution in [0, 0.1) is 0 Å². The van der Waals surface area contributed by atoms with Crippen molar-refractivity contribution in [3.05, 3.63) is 59.5 Å². The molecular formula is C19H21ClN8. The minimum absolute atomic E-state index is 0.196. The van der Waals surface area contributed by atoms with Crippen molar-refractivity contribution in [1.29, 1.82) is 0 Å². The highest BCUT2D eigenvalue weighted by molar-refractivity contribution is 6.30. The number of hydrogen-bond donors (Lipinski definition) is 2. The highest BCUT2D eigenvalue weighted by Gasteiger charge is 2.19. The molecule has 0 aliphatic carbocycles. The van der Waals surface area contributed by atoms with Gasteiger partial charge in [-0.05, 0) is 30.3 Å². The molecule has 3 heterocycles. The Kier molecular flexibility index (Phi) is 5.50. The van der Waals surface area contributed by atoms with E-state index in [2.05, 4.69) is 35.1 Å². The molecule has 3 N–H and O–H groups in total. The van der Waals surface area contributed by atoms with E-state index in [0.29, 0.717) is 23.3 Å². The average molecular weight is 397 g/mol. The van der Waals surface area contributed by atoms with E-state index in [9.17, 15) is 0 Å². The topological polar surface area (TPSA) is 96.1 Å². The molecule has 1 aliphatic rings. The van der Waals surface area contributed by atoms with E-state index in [1.54, 1.807) is 6.07 Å². The van der Waals surface area contributed by atoms with Crippen molar-refractivity contribution in [3.63, 3.8) is 0 Å². The quantitative estimate of drug-likeness (QED) is 0.679. The van der Waals surface area contributed by atoms with Crippen LogP contribution >= 0.6 is 11.6 Å². The Labute approximate surface area is 168 Å². The molecule has 8 nitrogen and oxygen atoms in total. The number of hydrogen-bond acceptors (Lipinski definition) is 8. The fraction of sp³-hybridized carbons (Fsp3) is 0.263. The number of nitrogens with one attached hydrogen (secondary N) is 1.